The summed E-state index contributed by atoms with van der Waals surface area (Å²) >= 11 is 4.38. The molecule has 0 spiro atoms. The molecule has 0 aromatic rings. The zero-order valence-corrected chi connectivity index (χ0v) is 7.53. The second-order valence-corrected chi connectivity index (χ2v) is 3.52. The predicted octanol–water partition coefficient (Wildman–Crippen LogP) is -0.217. The maximum absolute atomic E-state index is 10.5. The van der Waals surface area contributed by atoms with E-state index in [1.54, 1.807) is 0 Å². The number of thiol groups is 1. The number of hydrogen-bond acceptors (Lipinski definition) is 3. The molecule has 0 bridgehead atoms. The average molecular weight is 174 g/mol. The summed E-state index contributed by atoms with van der Waals surface area (Å²) in [6, 6.07) is 0.349. The highest BCUT2D eigenvalue weighted by molar-refractivity contribution is 7.81. The molecule has 0 aromatic heterocycles. The Labute approximate surface area is 72.3 Å². The number of rotatable bonds is 2. The lowest BCUT2D eigenvalue weighted by atomic mass is 10.2. The SMILES string of the molecule is CC(=O)NC[C@@H]1NCC[C@@H]1S. The third-order valence-corrected chi connectivity index (χ3v) is 2.50. The summed E-state index contributed by atoms with van der Waals surface area (Å²) in [4.78, 5) is 10.5. The van der Waals surface area contributed by atoms with Crippen LogP contribution in [0.1, 0.15) is 13.3 Å². The van der Waals surface area contributed by atoms with Gasteiger partial charge in [0, 0.05) is 24.8 Å². The van der Waals surface area contributed by atoms with E-state index < -0.39 is 0 Å². The van der Waals surface area contributed by atoms with Gasteiger partial charge in [-0.3, -0.25) is 4.79 Å². The van der Waals surface area contributed by atoms with Gasteiger partial charge in [-0.05, 0) is 13.0 Å². The van der Waals surface area contributed by atoms with E-state index >= 15 is 0 Å². The lowest BCUT2D eigenvalue weighted by Gasteiger charge is -2.14. The van der Waals surface area contributed by atoms with Crippen molar-refractivity contribution in [2.24, 2.45) is 0 Å². The van der Waals surface area contributed by atoms with E-state index in [1.807, 2.05) is 0 Å². The second kappa shape index (κ2) is 3.97. The first-order valence-electron chi connectivity index (χ1n) is 3.86. The molecule has 64 valence electrons. The van der Waals surface area contributed by atoms with Crippen molar-refractivity contribution in [3.05, 3.63) is 0 Å². The summed E-state index contributed by atoms with van der Waals surface area (Å²) in [5.74, 6) is 0.0271. The molecule has 0 saturated carbocycles. The fourth-order valence-corrected chi connectivity index (χ4v) is 1.56. The van der Waals surface area contributed by atoms with E-state index in [9.17, 15) is 4.79 Å². The smallest absolute Gasteiger partial charge is 0.216 e. The first kappa shape index (κ1) is 8.87. The van der Waals surface area contributed by atoms with Gasteiger partial charge in [-0.25, -0.2) is 0 Å². The van der Waals surface area contributed by atoms with Gasteiger partial charge in [0.1, 0.15) is 0 Å². The van der Waals surface area contributed by atoms with Crippen LogP contribution in [0.15, 0.2) is 0 Å². The van der Waals surface area contributed by atoms with E-state index in [4.69, 9.17) is 0 Å². The largest absolute Gasteiger partial charge is 0.355 e. The molecule has 1 amide bonds. The molecule has 1 aliphatic heterocycles. The summed E-state index contributed by atoms with van der Waals surface area (Å²) in [6.07, 6.45) is 1.09. The third kappa shape index (κ3) is 2.71. The molecule has 0 aliphatic carbocycles. The molecular formula is C7H14N2OS. The Balaban J connectivity index is 2.20. The Morgan fingerprint density at radius 3 is 3.00 bits per heavy atom. The van der Waals surface area contributed by atoms with E-state index in [1.165, 1.54) is 6.92 Å². The zero-order valence-electron chi connectivity index (χ0n) is 6.63. The van der Waals surface area contributed by atoms with Gasteiger partial charge < -0.3 is 10.6 Å². The van der Waals surface area contributed by atoms with E-state index in [0.29, 0.717) is 17.8 Å². The Kier molecular flexibility index (Phi) is 3.20. The molecular weight excluding hydrogens is 160 g/mol. The van der Waals surface area contributed by atoms with Gasteiger partial charge in [0.15, 0.2) is 0 Å². The molecule has 0 aromatic carbocycles. The highest BCUT2D eigenvalue weighted by atomic mass is 32.1. The standard InChI is InChI=1S/C7H14N2OS/c1-5(10)9-4-6-7(11)2-3-8-6/h6-8,11H,2-4H2,1H3,(H,9,10)/t6-,7-/m0/s1. The first-order chi connectivity index (χ1) is 5.20. The monoisotopic (exact) mass is 174 g/mol. The van der Waals surface area contributed by atoms with Crippen molar-refractivity contribution in [1.82, 2.24) is 10.6 Å². The van der Waals surface area contributed by atoms with Crippen LogP contribution in [0.2, 0.25) is 0 Å². The quantitative estimate of drug-likeness (QED) is 0.507. The fourth-order valence-electron chi connectivity index (χ4n) is 1.22. The molecule has 1 rings (SSSR count). The average Bonchev–Trinajstić information content (AvgIpc) is 2.31. The summed E-state index contributed by atoms with van der Waals surface area (Å²) in [6.45, 7) is 3.24. The summed E-state index contributed by atoms with van der Waals surface area (Å²) in [5.41, 5.74) is 0. The third-order valence-electron chi connectivity index (χ3n) is 1.88. The molecule has 0 radical (unpaired) electrons. The number of carbonyl (C=O) groups excluding carboxylic acids is 1. The fraction of sp³-hybridized carbons (Fsp3) is 0.857. The van der Waals surface area contributed by atoms with Gasteiger partial charge in [-0.15, -0.1) is 0 Å². The van der Waals surface area contributed by atoms with Crippen LogP contribution in [0.5, 0.6) is 0 Å². The highest BCUT2D eigenvalue weighted by Crippen LogP contribution is 2.11. The molecule has 1 saturated heterocycles. The van der Waals surface area contributed by atoms with Crippen molar-refractivity contribution in [1.29, 1.82) is 0 Å². The lowest BCUT2D eigenvalue weighted by Crippen LogP contribution is -2.40. The normalized spacial score (nSPS) is 30.4. The van der Waals surface area contributed by atoms with E-state index in [0.717, 1.165) is 13.0 Å². The minimum Gasteiger partial charge on any atom is -0.355 e. The van der Waals surface area contributed by atoms with Crippen LogP contribution in [-0.4, -0.2) is 30.3 Å². The minimum atomic E-state index is 0.0271. The Bertz CT molecular complexity index is 151. The minimum absolute atomic E-state index is 0.0271. The maximum Gasteiger partial charge on any atom is 0.216 e. The van der Waals surface area contributed by atoms with Crippen LogP contribution < -0.4 is 10.6 Å². The highest BCUT2D eigenvalue weighted by Gasteiger charge is 2.22. The number of nitrogens with one attached hydrogen (secondary N) is 2. The lowest BCUT2D eigenvalue weighted by molar-refractivity contribution is -0.119. The molecule has 1 aliphatic rings. The van der Waals surface area contributed by atoms with Crippen molar-refractivity contribution in [3.8, 4) is 0 Å². The molecule has 2 atom stereocenters. The van der Waals surface area contributed by atoms with Crippen molar-refractivity contribution >= 4 is 18.5 Å². The van der Waals surface area contributed by atoms with Crippen LogP contribution in [0.3, 0.4) is 0 Å². The van der Waals surface area contributed by atoms with Crippen LogP contribution in [0, 0.1) is 0 Å². The summed E-state index contributed by atoms with van der Waals surface area (Å²) < 4.78 is 0. The maximum atomic E-state index is 10.5. The molecule has 1 fully saturated rings. The Morgan fingerprint density at radius 1 is 1.82 bits per heavy atom. The first-order valence-corrected chi connectivity index (χ1v) is 4.37. The molecule has 3 nitrogen and oxygen atoms in total. The topological polar surface area (TPSA) is 41.1 Å². The molecule has 1 heterocycles. The number of carbonyl (C=O) groups is 1. The van der Waals surface area contributed by atoms with Gasteiger partial charge in [-0.1, -0.05) is 0 Å². The van der Waals surface area contributed by atoms with E-state index in [2.05, 4.69) is 23.3 Å². The van der Waals surface area contributed by atoms with Crippen molar-refractivity contribution < 1.29 is 4.79 Å². The van der Waals surface area contributed by atoms with Crippen LogP contribution in [0.4, 0.5) is 0 Å². The predicted molar refractivity (Wildman–Crippen MR) is 47.9 cm³/mol. The Hall–Kier alpha value is -0.220. The molecule has 2 N–H and O–H groups in total. The van der Waals surface area contributed by atoms with Gasteiger partial charge in [-0.2, -0.15) is 12.6 Å². The van der Waals surface area contributed by atoms with Crippen molar-refractivity contribution in [2.45, 2.75) is 24.6 Å². The van der Waals surface area contributed by atoms with Gasteiger partial charge in [0.05, 0.1) is 0 Å². The van der Waals surface area contributed by atoms with E-state index in [-0.39, 0.29) is 5.91 Å². The summed E-state index contributed by atoms with van der Waals surface area (Å²) in [7, 11) is 0. The number of hydrogen-bond donors (Lipinski definition) is 3. The molecule has 0 unspecified atom stereocenters. The van der Waals surface area contributed by atoms with Gasteiger partial charge >= 0.3 is 0 Å². The second-order valence-electron chi connectivity index (χ2n) is 2.85. The Morgan fingerprint density at radius 2 is 2.55 bits per heavy atom. The van der Waals surface area contributed by atoms with Crippen LogP contribution >= 0.6 is 12.6 Å². The zero-order chi connectivity index (χ0) is 8.27. The van der Waals surface area contributed by atoms with Gasteiger partial charge in [0.25, 0.3) is 0 Å². The van der Waals surface area contributed by atoms with Crippen molar-refractivity contribution in [3.63, 3.8) is 0 Å². The van der Waals surface area contributed by atoms with Crippen LogP contribution in [-0.2, 0) is 4.79 Å². The molecule has 11 heavy (non-hydrogen) atoms. The van der Waals surface area contributed by atoms with Gasteiger partial charge in [0.2, 0.25) is 5.91 Å². The van der Waals surface area contributed by atoms with Crippen molar-refractivity contribution in [2.75, 3.05) is 13.1 Å². The van der Waals surface area contributed by atoms with Crippen LogP contribution in [0.25, 0.3) is 0 Å². The number of amides is 1. The summed E-state index contributed by atoms with van der Waals surface area (Å²) in [5, 5.41) is 6.43. The molecule has 4 heteroatoms.